The van der Waals surface area contributed by atoms with E-state index in [9.17, 15) is 9.50 Å². The number of benzene rings is 1. The van der Waals surface area contributed by atoms with Gasteiger partial charge in [0.05, 0.1) is 6.10 Å². The standard InChI is InChI=1S/C13H17ClFNO/c14-11-1-2-12(15)10(7-11)8-13(17)9-3-5-16-6-4-9/h1-2,7,9,13,16-17H,3-6,8H2. The molecule has 1 saturated heterocycles. The molecule has 1 unspecified atom stereocenters. The molecule has 1 aromatic rings. The Morgan fingerprint density at radius 2 is 2.12 bits per heavy atom. The molecular formula is C13H17ClFNO. The van der Waals surface area contributed by atoms with E-state index in [4.69, 9.17) is 11.6 Å². The summed E-state index contributed by atoms with van der Waals surface area (Å²) < 4.78 is 13.5. The van der Waals surface area contributed by atoms with Gasteiger partial charge < -0.3 is 10.4 Å². The van der Waals surface area contributed by atoms with Gasteiger partial charge in [0.1, 0.15) is 5.82 Å². The van der Waals surface area contributed by atoms with Crippen LogP contribution >= 0.6 is 11.6 Å². The molecule has 1 heterocycles. The smallest absolute Gasteiger partial charge is 0.126 e. The van der Waals surface area contributed by atoms with Gasteiger partial charge in [-0.15, -0.1) is 0 Å². The zero-order chi connectivity index (χ0) is 12.3. The second-order valence-electron chi connectivity index (χ2n) is 4.59. The van der Waals surface area contributed by atoms with E-state index < -0.39 is 6.10 Å². The monoisotopic (exact) mass is 257 g/mol. The van der Waals surface area contributed by atoms with Gasteiger partial charge in [-0.3, -0.25) is 0 Å². The molecule has 1 atom stereocenters. The van der Waals surface area contributed by atoms with Crippen LogP contribution in [0, 0.1) is 11.7 Å². The highest BCUT2D eigenvalue weighted by molar-refractivity contribution is 6.30. The fraction of sp³-hybridized carbons (Fsp3) is 0.538. The molecule has 94 valence electrons. The van der Waals surface area contributed by atoms with Gasteiger partial charge in [0, 0.05) is 11.4 Å². The van der Waals surface area contributed by atoms with E-state index in [1.165, 1.54) is 12.1 Å². The number of aliphatic hydroxyl groups excluding tert-OH is 1. The van der Waals surface area contributed by atoms with E-state index >= 15 is 0 Å². The van der Waals surface area contributed by atoms with Gasteiger partial charge in [-0.2, -0.15) is 0 Å². The zero-order valence-electron chi connectivity index (χ0n) is 9.63. The van der Waals surface area contributed by atoms with Gasteiger partial charge in [-0.05, 0) is 55.6 Å². The van der Waals surface area contributed by atoms with Crippen molar-refractivity contribution in [2.75, 3.05) is 13.1 Å². The Morgan fingerprint density at radius 3 is 2.82 bits per heavy atom. The molecule has 0 radical (unpaired) electrons. The van der Waals surface area contributed by atoms with Gasteiger partial charge in [-0.25, -0.2) is 4.39 Å². The zero-order valence-corrected chi connectivity index (χ0v) is 10.4. The lowest BCUT2D eigenvalue weighted by Gasteiger charge is -2.27. The van der Waals surface area contributed by atoms with Crippen molar-refractivity contribution < 1.29 is 9.50 Å². The predicted molar refractivity (Wildman–Crippen MR) is 66.7 cm³/mol. The number of halogens is 2. The summed E-state index contributed by atoms with van der Waals surface area (Å²) in [6, 6.07) is 4.48. The van der Waals surface area contributed by atoms with E-state index in [0.29, 0.717) is 17.0 Å². The molecule has 0 amide bonds. The molecule has 17 heavy (non-hydrogen) atoms. The second-order valence-corrected chi connectivity index (χ2v) is 5.03. The molecule has 0 bridgehead atoms. The summed E-state index contributed by atoms with van der Waals surface area (Å²) in [5.74, 6) is -0.0305. The van der Waals surface area contributed by atoms with E-state index in [1.807, 2.05) is 0 Å². The van der Waals surface area contributed by atoms with Gasteiger partial charge in [0.2, 0.25) is 0 Å². The summed E-state index contributed by atoms with van der Waals surface area (Å²) in [6.07, 6.45) is 1.76. The quantitative estimate of drug-likeness (QED) is 0.872. The number of piperidine rings is 1. The van der Waals surface area contributed by atoms with E-state index in [0.717, 1.165) is 25.9 Å². The third kappa shape index (κ3) is 3.41. The molecule has 0 aliphatic carbocycles. The topological polar surface area (TPSA) is 32.3 Å². The Hall–Kier alpha value is -0.640. The number of hydrogen-bond donors (Lipinski definition) is 2. The first-order chi connectivity index (χ1) is 8.16. The molecule has 0 spiro atoms. The molecule has 2 nitrogen and oxygen atoms in total. The lowest BCUT2D eigenvalue weighted by atomic mass is 9.88. The van der Waals surface area contributed by atoms with Crippen molar-refractivity contribution in [3.63, 3.8) is 0 Å². The average Bonchev–Trinajstić information content (AvgIpc) is 2.35. The first-order valence-corrected chi connectivity index (χ1v) is 6.37. The van der Waals surface area contributed by atoms with Gasteiger partial charge >= 0.3 is 0 Å². The normalized spacial score (nSPS) is 19.2. The number of aliphatic hydroxyl groups is 1. The van der Waals surface area contributed by atoms with Crippen LogP contribution in [0.25, 0.3) is 0 Å². The summed E-state index contributed by atoms with van der Waals surface area (Å²) in [5, 5.41) is 13.9. The second kappa shape index (κ2) is 5.80. The Bertz CT molecular complexity index is 380. The maximum atomic E-state index is 13.5. The molecule has 4 heteroatoms. The fourth-order valence-corrected chi connectivity index (χ4v) is 2.52. The summed E-state index contributed by atoms with van der Waals surface area (Å²) in [4.78, 5) is 0. The molecule has 2 N–H and O–H groups in total. The van der Waals surface area contributed by atoms with Crippen molar-refractivity contribution in [1.82, 2.24) is 5.32 Å². The summed E-state index contributed by atoms with van der Waals surface area (Å²) in [6.45, 7) is 1.86. The van der Waals surface area contributed by atoms with Crippen LogP contribution < -0.4 is 5.32 Å². The highest BCUT2D eigenvalue weighted by Gasteiger charge is 2.22. The third-order valence-electron chi connectivity index (χ3n) is 3.36. The third-order valence-corrected chi connectivity index (χ3v) is 3.60. The van der Waals surface area contributed by atoms with Gasteiger partial charge in [-0.1, -0.05) is 11.6 Å². The Kier molecular flexibility index (Phi) is 4.37. The van der Waals surface area contributed by atoms with Crippen molar-refractivity contribution in [2.24, 2.45) is 5.92 Å². The van der Waals surface area contributed by atoms with Crippen LogP contribution in [0.2, 0.25) is 5.02 Å². The van der Waals surface area contributed by atoms with Crippen molar-refractivity contribution in [3.05, 3.63) is 34.6 Å². The van der Waals surface area contributed by atoms with Crippen molar-refractivity contribution in [1.29, 1.82) is 0 Å². The highest BCUT2D eigenvalue weighted by Crippen LogP contribution is 2.22. The van der Waals surface area contributed by atoms with Crippen LogP contribution in [0.1, 0.15) is 18.4 Å². The molecule has 1 fully saturated rings. The minimum absolute atomic E-state index is 0.259. The van der Waals surface area contributed by atoms with Crippen LogP contribution in [0.4, 0.5) is 4.39 Å². The molecule has 1 aromatic carbocycles. The van der Waals surface area contributed by atoms with Crippen LogP contribution in [0.15, 0.2) is 18.2 Å². The number of nitrogens with one attached hydrogen (secondary N) is 1. The van der Waals surface area contributed by atoms with E-state index in [-0.39, 0.29) is 11.7 Å². The minimum Gasteiger partial charge on any atom is -0.392 e. The minimum atomic E-state index is -0.481. The molecule has 1 aliphatic rings. The lowest BCUT2D eigenvalue weighted by molar-refractivity contribution is 0.0883. The molecular weight excluding hydrogens is 241 g/mol. The Labute approximate surface area is 106 Å². The van der Waals surface area contributed by atoms with Gasteiger partial charge in [0.25, 0.3) is 0 Å². The molecule has 2 rings (SSSR count). The van der Waals surface area contributed by atoms with Crippen LogP contribution in [-0.4, -0.2) is 24.3 Å². The number of hydrogen-bond acceptors (Lipinski definition) is 2. The van der Waals surface area contributed by atoms with Gasteiger partial charge in [0.15, 0.2) is 0 Å². The Morgan fingerprint density at radius 1 is 1.41 bits per heavy atom. The molecule has 0 aromatic heterocycles. The SMILES string of the molecule is OC(Cc1cc(Cl)ccc1F)C1CCNCC1. The largest absolute Gasteiger partial charge is 0.392 e. The Balaban J connectivity index is 2.01. The average molecular weight is 258 g/mol. The molecule has 1 aliphatic heterocycles. The lowest BCUT2D eigenvalue weighted by Crippen LogP contribution is -2.35. The highest BCUT2D eigenvalue weighted by atomic mass is 35.5. The fourth-order valence-electron chi connectivity index (χ4n) is 2.32. The first kappa shape index (κ1) is 12.8. The van der Waals surface area contributed by atoms with Crippen molar-refractivity contribution in [3.8, 4) is 0 Å². The summed E-state index contributed by atoms with van der Waals surface area (Å²) in [7, 11) is 0. The van der Waals surface area contributed by atoms with E-state index in [1.54, 1.807) is 6.07 Å². The molecule has 0 saturated carbocycles. The van der Waals surface area contributed by atoms with Crippen molar-refractivity contribution in [2.45, 2.75) is 25.4 Å². The van der Waals surface area contributed by atoms with Crippen LogP contribution in [0.3, 0.4) is 0 Å². The summed E-state index contributed by atoms with van der Waals surface area (Å²) >= 11 is 5.83. The maximum absolute atomic E-state index is 13.5. The van der Waals surface area contributed by atoms with Crippen molar-refractivity contribution >= 4 is 11.6 Å². The maximum Gasteiger partial charge on any atom is 0.126 e. The number of rotatable bonds is 3. The van der Waals surface area contributed by atoms with Crippen LogP contribution in [0.5, 0.6) is 0 Å². The van der Waals surface area contributed by atoms with Crippen LogP contribution in [-0.2, 0) is 6.42 Å². The summed E-state index contributed by atoms with van der Waals surface area (Å²) in [5.41, 5.74) is 0.503. The predicted octanol–water partition coefficient (Wildman–Crippen LogP) is 2.38. The van der Waals surface area contributed by atoms with E-state index in [2.05, 4.69) is 5.32 Å². The first-order valence-electron chi connectivity index (χ1n) is 5.99.